The second kappa shape index (κ2) is 9.12. The molecule has 1 aromatic rings. The maximum Gasteiger partial charge on any atom is 0.416 e. The first-order chi connectivity index (χ1) is 13.3. The molecule has 1 aliphatic heterocycles. The maximum absolute atomic E-state index is 12.9. The lowest BCUT2D eigenvalue weighted by Gasteiger charge is -2.37. The van der Waals surface area contributed by atoms with Crippen molar-refractivity contribution in [3.8, 4) is 0 Å². The summed E-state index contributed by atoms with van der Waals surface area (Å²) in [6.07, 6.45) is 2.96. The van der Waals surface area contributed by atoms with Gasteiger partial charge in [-0.3, -0.25) is 9.69 Å². The number of rotatable bonds is 6. The Morgan fingerprint density at radius 3 is 2.54 bits per heavy atom. The lowest BCUT2D eigenvalue weighted by molar-refractivity contribution is -0.137. The molecule has 1 aliphatic carbocycles. The summed E-state index contributed by atoms with van der Waals surface area (Å²) in [5.74, 6) is 0.917. The zero-order chi connectivity index (χ0) is 20.1. The Hall–Kier alpha value is -1.82. The van der Waals surface area contributed by atoms with Crippen LogP contribution in [-0.4, -0.2) is 43.4 Å². The molecule has 2 aliphatic rings. The molecule has 1 atom stereocenters. The molecule has 0 spiro atoms. The van der Waals surface area contributed by atoms with Crippen molar-refractivity contribution in [2.24, 2.45) is 5.92 Å². The summed E-state index contributed by atoms with van der Waals surface area (Å²) < 4.78 is 38.7. The molecule has 0 saturated carbocycles. The minimum atomic E-state index is -4.30. The first-order valence-electron chi connectivity index (χ1n) is 10.1. The largest absolute Gasteiger partial charge is 0.416 e. The van der Waals surface area contributed by atoms with Crippen molar-refractivity contribution in [2.45, 2.75) is 45.2 Å². The number of anilines is 1. The molecule has 28 heavy (non-hydrogen) atoms. The first kappa shape index (κ1) is 20.9. The average Bonchev–Trinajstić information content (AvgIpc) is 2.67. The molecule has 1 aromatic carbocycles. The van der Waals surface area contributed by atoms with Gasteiger partial charge in [-0.15, -0.1) is 0 Å². The van der Waals surface area contributed by atoms with E-state index < -0.39 is 11.7 Å². The van der Waals surface area contributed by atoms with Crippen LogP contribution in [0.5, 0.6) is 0 Å². The van der Waals surface area contributed by atoms with Crippen molar-refractivity contribution < 1.29 is 18.0 Å². The monoisotopic (exact) mass is 394 g/mol. The van der Waals surface area contributed by atoms with E-state index in [2.05, 4.69) is 11.0 Å². The van der Waals surface area contributed by atoms with Crippen LogP contribution in [-0.2, 0) is 11.0 Å². The van der Waals surface area contributed by atoms with E-state index in [9.17, 15) is 18.0 Å². The lowest BCUT2D eigenvalue weighted by atomic mass is 9.86. The zero-order valence-corrected chi connectivity index (χ0v) is 16.5. The molecule has 1 heterocycles. The molecule has 1 saturated heterocycles. The van der Waals surface area contributed by atoms with Gasteiger partial charge >= 0.3 is 6.18 Å². The molecule has 0 aromatic heterocycles. The quantitative estimate of drug-likeness (QED) is 0.640. The van der Waals surface area contributed by atoms with Gasteiger partial charge in [0, 0.05) is 38.3 Å². The van der Waals surface area contributed by atoms with Crippen molar-refractivity contribution in [1.29, 1.82) is 0 Å². The standard InChI is InChI=1S/C22H29F3N2O/c1-17(28)15-19-7-5-18(6-8-19)9-10-26-11-13-27(14-12-26)21-4-2-3-20(16-21)22(23,24)25/h2-4,7,16,18H,5-6,8-15H2,1H3. The van der Waals surface area contributed by atoms with E-state index in [1.54, 1.807) is 13.0 Å². The molecule has 0 radical (unpaired) electrons. The van der Waals surface area contributed by atoms with Gasteiger partial charge in [-0.05, 0) is 63.3 Å². The van der Waals surface area contributed by atoms with Crippen LogP contribution in [0.2, 0.25) is 0 Å². The van der Waals surface area contributed by atoms with E-state index >= 15 is 0 Å². The molecule has 0 bridgehead atoms. The summed E-state index contributed by atoms with van der Waals surface area (Å²) in [6, 6.07) is 5.63. The number of alkyl halides is 3. The Labute approximate surface area is 165 Å². The van der Waals surface area contributed by atoms with E-state index in [1.165, 1.54) is 17.7 Å². The fourth-order valence-corrected chi connectivity index (χ4v) is 4.16. The normalized spacial score (nSPS) is 21.5. The van der Waals surface area contributed by atoms with Crippen molar-refractivity contribution in [1.82, 2.24) is 4.90 Å². The van der Waals surface area contributed by atoms with E-state index in [-0.39, 0.29) is 5.78 Å². The Kier molecular flexibility index (Phi) is 6.81. The summed E-state index contributed by atoms with van der Waals surface area (Å²) >= 11 is 0. The number of nitrogens with zero attached hydrogens (tertiary/aromatic N) is 2. The number of carbonyl (C=O) groups is 1. The van der Waals surface area contributed by atoms with Crippen molar-refractivity contribution in [3.05, 3.63) is 41.5 Å². The molecular formula is C22H29F3N2O. The molecule has 0 amide bonds. The summed E-state index contributed by atoms with van der Waals surface area (Å²) in [7, 11) is 0. The molecule has 3 rings (SSSR count). The third kappa shape index (κ3) is 5.84. The van der Waals surface area contributed by atoms with Crippen molar-refractivity contribution in [3.63, 3.8) is 0 Å². The van der Waals surface area contributed by atoms with E-state index in [0.29, 0.717) is 18.0 Å². The van der Waals surface area contributed by atoms with Crippen LogP contribution in [0.3, 0.4) is 0 Å². The second-order valence-corrected chi connectivity index (χ2v) is 8.05. The Bertz CT molecular complexity index is 706. The van der Waals surface area contributed by atoms with E-state index in [4.69, 9.17) is 0 Å². The highest BCUT2D eigenvalue weighted by Gasteiger charge is 2.31. The van der Waals surface area contributed by atoms with E-state index in [0.717, 1.165) is 64.5 Å². The Morgan fingerprint density at radius 1 is 1.18 bits per heavy atom. The molecule has 1 unspecified atom stereocenters. The number of hydrogen-bond acceptors (Lipinski definition) is 3. The topological polar surface area (TPSA) is 23.6 Å². The van der Waals surface area contributed by atoms with Crippen LogP contribution >= 0.6 is 0 Å². The van der Waals surface area contributed by atoms with Gasteiger partial charge in [0.1, 0.15) is 5.78 Å². The number of carbonyl (C=O) groups excluding carboxylic acids is 1. The van der Waals surface area contributed by atoms with Crippen molar-refractivity contribution >= 4 is 11.5 Å². The smallest absolute Gasteiger partial charge is 0.369 e. The van der Waals surface area contributed by atoms with Gasteiger partial charge in [0.25, 0.3) is 0 Å². The summed E-state index contributed by atoms with van der Waals surface area (Å²) in [5, 5.41) is 0. The third-order valence-corrected chi connectivity index (χ3v) is 5.85. The molecule has 0 N–H and O–H groups in total. The zero-order valence-electron chi connectivity index (χ0n) is 16.5. The number of Topliss-reactive ketones (excluding diaryl/α,β-unsaturated/α-hetero) is 1. The average molecular weight is 394 g/mol. The summed E-state index contributed by atoms with van der Waals surface area (Å²) in [4.78, 5) is 15.7. The van der Waals surface area contributed by atoms with Gasteiger partial charge in [-0.1, -0.05) is 17.7 Å². The third-order valence-electron chi connectivity index (χ3n) is 5.85. The van der Waals surface area contributed by atoms with Crippen LogP contribution in [0, 0.1) is 5.92 Å². The number of allylic oxidation sites excluding steroid dienone is 2. The molecule has 6 heteroatoms. The van der Waals surface area contributed by atoms with Crippen LogP contribution in [0.4, 0.5) is 18.9 Å². The Morgan fingerprint density at radius 2 is 1.93 bits per heavy atom. The van der Waals surface area contributed by atoms with Crippen LogP contribution < -0.4 is 4.90 Å². The number of ketones is 1. The number of halogens is 3. The van der Waals surface area contributed by atoms with Crippen molar-refractivity contribution in [2.75, 3.05) is 37.6 Å². The number of benzene rings is 1. The van der Waals surface area contributed by atoms with Gasteiger partial charge < -0.3 is 4.90 Å². The molecular weight excluding hydrogens is 365 g/mol. The molecule has 154 valence electrons. The first-order valence-corrected chi connectivity index (χ1v) is 10.1. The van der Waals surface area contributed by atoms with Gasteiger partial charge in [0.05, 0.1) is 5.56 Å². The highest BCUT2D eigenvalue weighted by atomic mass is 19.4. The minimum Gasteiger partial charge on any atom is -0.369 e. The Balaban J connectivity index is 1.43. The minimum absolute atomic E-state index is 0.239. The fourth-order valence-electron chi connectivity index (χ4n) is 4.16. The van der Waals surface area contributed by atoms with Gasteiger partial charge in [0.15, 0.2) is 0 Å². The summed E-state index contributed by atoms with van der Waals surface area (Å²) in [6.45, 7) is 5.97. The fraction of sp³-hybridized carbons (Fsp3) is 0.591. The van der Waals surface area contributed by atoms with Gasteiger partial charge in [-0.25, -0.2) is 0 Å². The maximum atomic E-state index is 12.9. The molecule has 3 nitrogen and oxygen atoms in total. The lowest BCUT2D eigenvalue weighted by Crippen LogP contribution is -2.47. The predicted octanol–water partition coefficient (Wildman–Crippen LogP) is 4.92. The number of piperazine rings is 1. The summed E-state index contributed by atoms with van der Waals surface area (Å²) in [5.41, 5.74) is 1.37. The SMILES string of the molecule is CC(=O)CC1=CCC(CCN2CCN(c3cccc(C(F)(F)F)c3)CC2)CC1. The van der Waals surface area contributed by atoms with Gasteiger partial charge in [0.2, 0.25) is 0 Å². The van der Waals surface area contributed by atoms with Crippen LogP contribution in [0.15, 0.2) is 35.9 Å². The molecule has 1 fully saturated rings. The number of hydrogen-bond donors (Lipinski definition) is 0. The van der Waals surface area contributed by atoms with Gasteiger partial charge in [-0.2, -0.15) is 13.2 Å². The highest BCUT2D eigenvalue weighted by Crippen LogP contribution is 2.32. The van der Waals surface area contributed by atoms with Crippen LogP contribution in [0.25, 0.3) is 0 Å². The van der Waals surface area contributed by atoms with E-state index in [1.807, 2.05) is 4.90 Å². The highest BCUT2D eigenvalue weighted by molar-refractivity contribution is 5.78. The predicted molar refractivity (Wildman–Crippen MR) is 105 cm³/mol. The second-order valence-electron chi connectivity index (χ2n) is 8.05. The van der Waals surface area contributed by atoms with Crippen LogP contribution in [0.1, 0.15) is 44.6 Å².